The van der Waals surface area contributed by atoms with Crippen molar-refractivity contribution in [3.8, 4) is 5.75 Å². The maximum atomic E-state index is 6.19. The number of nitrogens with zero attached hydrogens (tertiary/aromatic N) is 3. The number of benzene rings is 2. The molecule has 4 nitrogen and oxygen atoms in total. The van der Waals surface area contributed by atoms with Crippen molar-refractivity contribution in [3.05, 3.63) is 57.3 Å². The minimum absolute atomic E-state index is 0.315. The first kappa shape index (κ1) is 19.3. The molecular formula is C19H20Cl3N3O. The highest BCUT2D eigenvalue weighted by atomic mass is 35.5. The second kappa shape index (κ2) is 8.49. The molecule has 0 aliphatic carbocycles. The highest BCUT2D eigenvalue weighted by Crippen LogP contribution is 2.29. The number of imidazole rings is 1. The molecule has 0 atom stereocenters. The van der Waals surface area contributed by atoms with E-state index in [1.807, 2.05) is 18.2 Å². The summed E-state index contributed by atoms with van der Waals surface area (Å²) < 4.78 is 8.05. The number of rotatable bonds is 7. The smallest absolute Gasteiger partial charge is 0.148 e. The predicted molar refractivity (Wildman–Crippen MR) is 109 cm³/mol. The van der Waals surface area contributed by atoms with Crippen LogP contribution in [0.2, 0.25) is 15.1 Å². The third-order valence-corrected chi connectivity index (χ3v) is 4.79. The zero-order chi connectivity index (χ0) is 18.7. The van der Waals surface area contributed by atoms with Crippen molar-refractivity contribution in [2.75, 3.05) is 20.6 Å². The standard InChI is InChI=1S/C19H20Cl3N3O/c1-24(2)8-3-9-25-17-11-14(21)4-6-16(17)23-19(25)12-26-18-7-5-13(20)10-15(18)22/h4-7,10-11H,3,8-9,12H2,1-2H3. The largest absolute Gasteiger partial charge is 0.484 e. The van der Waals surface area contributed by atoms with E-state index in [-0.39, 0.29) is 0 Å². The molecule has 0 radical (unpaired) electrons. The Labute approximate surface area is 168 Å². The first-order valence-corrected chi connectivity index (χ1v) is 9.44. The van der Waals surface area contributed by atoms with Gasteiger partial charge in [0.15, 0.2) is 0 Å². The second-order valence-corrected chi connectivity index (χ2v) is 7.61. The number of ether oxygens (including phenoxy) is 1. The summed E-state index contributed by atoms with van der Waals surface area (Å²) in [5.74, 6) is 1.42. The van der Waals surface area contributed by atoms with Crippen molar-refractivity contribution in [1.29, 1.82) is 0 Å². The summed E-state index contributed by atoms with van der Waals surface area (Å²) >= 11 is 18.3. The van der Waals surface area contributed by atoms with E-state index in [9.17, 15) is 0 Å². The van der Waals surface area contributed by atoms with Gasteiger partial charge < -0.3 is 14.2 Å². The van der Waals surface area contributed by atoms with E-state index in [4.69, 9.17) is 44.5 Å². The molecule has 1 aromatic heterocycles. The Morgan fingerprint density at radius 2 is 1.77 bits per heavy atom. The fourth-order valence-corrected chi connectivity index (χ4v) is 3.41. The van der Waals surface area contributed by atoms with Gasteiger partial charge in [-0.05, 0) is 63.5 Å². The van der Waals surface area contributed by atoms with E-state index in [1.165, 1.54) is 0 Å². The summed E-state index contributed by atoms with van der Waals surface area (Å²) in [6.07, 6.45) is 1.000. The van der Waals surface area contributed by atoms with Crippen molar-refractivity contribution in [2.45, 2.75) is 19.6 Å². The highest BCUT2D eigenvalue weighted by Gasteiger charge is 2.13. The monoisotopic (exact) mass is 411 g/mol. The number of halogens is 3. The Morgan fingerprint density at radius 3 is 2.50 bits per heavy atom. The molecule has 0 saturated carbocycles. The lowest BCUT2D eigenvalue weighted by Crippen LogP contribution is -2.16. The highest BCUT2D eigenvalue weighted by molar-refractivity contribution is 6.35. The van der Waals surface area contributed by atoms with Crippen molar-refractivity contribution in [2.24, 2.45) is 0 Å². The molecule has 0 fully saturated rings. The lowest BCUT2D eigenvalue weighted by Gasteiger charge is -2.13. The van der Waals surface area contributed by atoms with Gasteiger partial charge in [0.05, 0.1) is 16.1 Å². The molecule has 26 heavy (non-hydrogen) atoms. The van der Waals surface area contributed by atoms with Gasteiger partial charge in [0, 0.05) is 16.6 Å². The maximum absolute atomic E-state index is 6.19. The summed E-state index contributed by atoms with van der Waals surface area (Å²) in [7, 11) is 4.13. The third-order valence-electron chi connectivity index (χ3n) is 4.03. The zero-order valence-electron chi connectivity index (χ0n) is 14.7. The van der Waals surface area contributed by atoms with Crippen LogP contribution in [0, 0.1) is 0 Å². The average molecular weight is 413 g/mol. The topological polar surface area (TPSA) is 30.3 Å². The molecule has 0 amide bonds. The molecule has 0 unspecified atom stereocenters. The summed E-state index contributed by atoms with van der Waals surface area (Å²) in [4.78, 5) is 6.87. The number of hydrogen-bond donors (Lipinski definition) is 0. The summed E-state index contributed by atoms with van der Waals surface area (Å²) in [5, 5.41) is 1.75. The van der Waals surface area contributed by atoms with Gasteiger partial charge >= 0.3 is 0 Å². The lowest BCUT2D eigenvalue weighted by molar-refractivity contribution is 0.288. The van der Waals surface area contributed by atoms with E-state index in [2.05, 4.69) is 23.6 Å². The molecule has 138 valence electrons. The summed E-state index contributed by atoms with van der Waals surface area (Å²) in [6, 6.07) is 10.9. The molecule has 0 N–H and O–H groups in total. The van der Waals surface area contributed by atoms with Crippen LogP contribution in [0.15, 0.2) is 36.4 Å². The summed E-state index contributed by atoms with van der Waals surface area (Å²) in [5.41, 5.74) is 1.91. The molecule has 1 heterocycles. The van der Waals surface area contributed by atoms with Crippen LogP contribution in [0.4, 0.5) is 0 Å². The first-order valence-electron chi connectivity index (χ1n) is 8.31. The van der Waals surface area contributed by atoms with Gasteiger partial charge in [0.1, 0.15) is 18.2 Å². The number of fused-ring (bicyclic) bond motifs is 1. The molecule has 0 saturated heterocycles. The van der Waals surface area contributed by atoms with Gasteiger partial charge in [-0.1, -0.05) is 34.8 Å². The van der Waals surface area contributed by atoms with Crippen LogP contribution in [-0.2, 0) is 13.2 Å². The van der Waals surface area contributed by atoms with Crippen LogP contribution in [0.1, 0.15) is 12.2 Å². The van der Waals surface area contributed by atoms with Crippen LogP contribution in [-0.4, -0.2) is 35.1 Å². The van der Waals surface area contributed by atoms with Crippen LogP contribution >= 0.6 is 34.8 Å². The molecule has 3 aromatic rings. The summed E-state index contributed by atoms with van der Waals surface area (Å²) in [6.45, 7) is 2.14. The van der Waals surface area contributed by atoms with E-state index in [0.29, 0.717) is 27.4 Å². The van der Waals surface area contributed by atoms with Crippen molar-refractivity contribution in [1.82, 2.24) is 14.5 Å². The van der Waals surface area contributed by atoms with Gasteiger partial charge in [0.25, 0.3) is 0 Å². The Hall–Kier alpha value is -1.46. The average Bonchev–Trinajstić information content (AvgIpc) is 2.91. The van der Waals surface area contributed by atoms with Gasteiger partial charge in [0.2, 0.25) is 0 Å². The van der Waals surface area contributed by atoms with Crippen molar-refractivity contribution in [3.63, 3.8) is 0 Å². The minimum Gasteiger partial charge on any atom is -0.484 e. The Kier molecular flexibility index (Phi) is 6.30. The molecule has 7 heteroatoms. The molecular weight excluding hydrogens is 393 g/mol. The zero-order valence-corrected chi connectivity index (χ0v) is 16.9. The van der Waals surface area contributed by atoms with Gasteiger partial charge in [-0.25, -0.2) is 4.98 Å². The Balaban J connectivity index is 1.85. The molecule has 0 aliphatic rings. The molecule has 0 spiro atoms. The fourth-order valence-electron chi connectivity index (χ4n) is 2.79. The molecule has 0 aliphatic heterocycles. The minimum atomic E-state index is 0.315. The van der Waals surface area contributed by atoms with Crippen molar-refractivity contribution >= 4 is 45.8 Å². The molecule has 3 rings (SSSR count). The fraction of sp³-hybridized carbons (Fsp3) is 0.316. The number of aryl methyl sites for hydroxylation is 1. The number of hydrogen-bond acceptors (Lipinski definition) is 3. The van der Waals surface area contributed by atoms with Crippen LogP contribution in [0.3, 0.4) is 0 Å². The Bertz CT molecular complexity index is 908. The maximum Gasteiger partial charge on any atom is 0.148 e. The van der Waals surface area contributed by atoms with Crippen LogP contribution < -0.4 is 4.74 Å². The SMILES string of the molecule is CN(C)CCCn1c(COc2ccc(Cl)cc2Cl)nc2ccc(Cl)cc21. The normalized spacial score (nSPS) is 11.5. The van der Waals surface area contributed by atoms with Gasteiger partial charge in [-0.2, -0.15) is 0 Å². The van der Waals surface area contributed by atoms with Crippen LogP contribution in [0.25, 0.3) is 11.0 Å². The van der Waals surface area contributed by atoms with E-state index < -0.39 is 0 Å². The van der Waals surface area contributed by atoms with E-state index in [1.54, 1.807) is 18.2 Å². The predicted octanol–water partition coefficient (Wildman–Crippen LogP) is 5.53. The van der Waals surface area contributed by atoms with E-state index >= 15 is 0 Å². The quantitative estimate of drug-likeness (QED) is 0.511. The third kappa shape index (κ3) is 4.63. The van der Waals surface area contributed by atoms with Crippen LogP contribution in [0.5, 0.6) is 5.75 Å². The molecule has 2 aromatic carbocycles. The lowest BCUT2D eigenvalue weighted by atomic mass is 10.3. The van der Waals surface area contributed by atoms with Crippen molar-refractivity contribution < 1.29 is 4.74 Å². The van der Waals surface area contributed by atoms with Gasteiger partial charge in [-0.3, -0.25) is 0 Å². The number of aromatic nitrogens is 2. The van der Waals surface area contributed by atoms with E-state index in [0.717, 1.165) is 36.4 Å². The second-order valence-electron chi connectivity index (χ2n) is 6.33. The molecule has 0 bridgehead atoms. The first-order chi connectivity index (χ1) is 12.4. The van der Waals surface area contributed by atoms with Gasteiger partial charge in [-0.15, -0.1) is 0 Å². The Morgan fingerprint density at radius 1 is 1.04 bits per heavy atom.